The van der Waals surface area contributed by atoms with Crippen molar-refractivity contribution in [2.24, 2.45) is 5.73 Å². The molecular weight excluding hydrogens is 188 g/mol. The summed E-state index contributed by atoms with van der Waals surface area (Å²) in [6.45, 7) is 0.551. The molecule has 0 bridgehead atoms. The molecule has 3 heteroatoms. The smallest absolute Gasteiger partial charge is 0.130 e. The Morgan fingerprint density at radius 1 is 0.933 bits per heavy atom. The number of hydrogen-bond acceptors (Lipinski definition) is 3. The van der Waals surface area contributed by atoms with Gasteiger partial charge in [0.2, 0.25) is 0 Å². The summed E-state index contributed by atoms with van der Waals surface area (Å²) >= 11 is 0. The zero-order chi connectivity index (χ0) is 10.5. The van der Waals surface area contributed by atoms with Gasteiger partial charge in [0, 0.05) is 18.9 Å². The highest BCUT2D eigenvalue weighted by Gasteiger charge is 1.96. The normalized spacial score (nSPS) is 9.93. The van der Waals surface area contributed by atoms with Gasteiger partial charge in [0.05, 0.1) is 0 Å². The summed E-state index contributed by atoms with van der Waals surface area (Å²) in [5.41, 5.74) is 6.60. The number of ether oxygens (including phenoxy) is 1. The van der Waals surface area contributed by atoms with E-state index in [9.17, 15) is 0 Å². The highest BCUT2D eigenvalue weighted by molar-refractivity contribution is 5.31. The van der Waals surface area contributed by atoms with Crippen LogP contribution in [0.25, 0.3) is 0 Å². The third-order valence-corrected chi connectivity index (χ3v) is 2.04. The Kier molecular flexibility index (Phi) is 2.95. The van der Waals surface area contributed by atoms with E-state index in [1.807, 2.05) is 36.4 Å². The Labute approximate surface area is 88.5 Å². The minimum absolute atomic E-state index is 0.551. The van der Waals surface area contributed by atoms with E-state index >= 15 is 0 Å². The molecule has 1 aromatic carbocycles. The van der Waals surface area contributed by atoms with Crippen molar-refractivity contribution in [1.29, 1.82) is 0 Å². The molecule has 0 radical (unpaired) electrons. The Hall–Kier alpha value is -1.87. The predicted molar refractivity (Wildman–Crippen MR) is 58.6 cm³/mol. The van der Waals surface area contributed by atoms with Crippen molar-refractivity contribution in [2.45, 2.75) is 6.54 Å². The molecule has 0 atom stereocenters. The maximum Gasteiger partial charge on any atom is 0.130 e. The van der Waals surface area contributed by atoms with E-state index in [1.165, 1.54) is 0 Å². The molecule has 15 heavy (non-hydrogen) atoms. The third-order valence-electron chi connectivity index (χ3n) is 2.04. The molecule has 1 aromatic heterocycles. The number of benzene rings is 1. The summed E-state index contributed by atoms with van der Waals surface area (Å²) < 4.78 is 5.60. The van der Waals surface area contributed by atoms with E-state index < -0.39 is 0 Å². The van der Waals surface area contributed by atoms with E-state index in [0.29, 0.717) is 6.54 Å². The molecule has 2 rings (SSSR count). The molecular formula is C12H12N2O. The zero-order valence-electron chi connectivity index (χ0n) is 8.26. The summed E-state index contributed by atoms with van der Waals surface area (Å²) in [5, 5.41) is 0. The van der Waals surface area contributed by atoms with Gasteiger partial charge < -0.3 is 10.5 Å². The molecule has 0 unspecified atom stereocenters. The first-order valence-electron chi connectivity index (χ1n) is 4.75. The van der Waals surface area contributed by atoms with Gasteiger partial charge in [0.1, 0.15) is 11.5 Å². The predicted octanol–water partition coefficient (Wildman–Crippen LogP) is 2.33. The zero-order valence-corrected chi connectivity index (χ0v) is 8.26. The molecule has 0 aliphatic heterocycles. The lowest BCUT2D eigenvalue weighted by Crippen LogP contribution is -1.95. The van der Waals surface area contributed by atoms with Gasteiger partial charge in [-0.2, -0.15) is 0 Å². The van der Waals surface area contributed by atoms with E-state index in [-0.39, 0.29) is 0 Å². The summed E-state index contributed by atoms with van der Waals surface area (Å²) in [4.78, 5) is 3.92. The molecule has 0 amide bonds. The van der Waals surface area contributed by atoms with Crippen molar-refractivity contribution in [3.63, 3.8) is 0 Å². The number of aromatic nitrogens is 1. The van der Waals surface area contributed by atoms with Crippen LogP contribution in [-0.4, -0.2) is 4.98 Å². The molecule has 0 fully saturated rings. The average molecular weight is 200 g/mol. The van der Waals surface area contributed by atoms with Crippen molar-refractivity contribution in [1.82, 2.24) is 4.98 Å². The van der Waals surface area contributed by atoms with E-state index in [0.717, 1.165) is 17.1 Å². The van der Waals surface area contributed by atoms with Crippen LogP contribution in [0.4, 0.5) is 0 Å². The van der Waals surface area contributed by atoms with Crippen molar-refractivity contribution >= 4 is 0 Å². The standard InChI is InChI=1S/C12H12N2O/c13-9-10-1-3-11(4-2-10)15-12-5-7-14-8-6-12/h1-8H,9,13H2. The van der Waals surface area contributed by atoms with Gasteiger partial charge in [-0.25, -0.2) is 0 Å². The van der Waals surface area contributed by atoms with Crippen LogP contribution in [0.1, 0.15) is 5.56 Å². The fraction of sp³-hybridized carbons (Fsp3) is 0.0833. The number of pyridine rings is 1. The van der Waals surface area contributed by atoms with Gasteiger partial charge in [-0.1, -0.05) is 12.1 Å². The van der Waals surface area contributed by atoms with Crippen LogP contribution in [0.2, 0.25) is 0 Å². The van der Waals surface area contributed by atoms with Crippen LogP contribution in [0.15, 0.2) is 48.8 Å². The number of nitrogens with zero attached hydrogens (tertiary/aromatic N) is 1. The quantitative estimate of drug-likeness (QED) is 0.827. The molecule has 2 aromatic rings. The Balaban J connectivity index is 2.11. The molecule has 0 aliphatic rings. The number of rotatable bonds is 3. The summed E-state index contributed by atoms with van der Waals surface area (Å²) in [6, 6.07) is 11.4. The maximum atomic E-state index is 5.60. The number of nitrogens with two attached hydrogens (primary N) is 1. The minimum atomic E-state index is 0.551. The van der Waals surface area contributed by atoms with Gasteiger partial charge in [-0.15, -0.1) is 0 Å². The van der Waals surface area contributed by atoms with Gasteiger partial charge in [0.15, 0.2) is 0 Å². The third kappa shape index (κ3) is 2.54. The summed E-state index contributed by atoms with van der Waals surface area (Å²) in [7, 11) is 0. The Morgan fingerprint density at radius 2 is 1.53 bits per heavy atom. The SMILES string of the molecule is NCc1ccc(Oc2ccncc2)cc1. The lowest BCUT2D eigenvalue weighted by atomic mass is 10.2. The topological polar surface area (TPSA) is 48.1 Å². The fourth-order valence-electron chi connectivity index (χ4n) is 1.24. The molecule has 0 spiro atoms. The second-order valence-corrected chi connectivity index (χ2v) is 3.13. The largest absolute Gasteiger partial charge is 0.457 e. The van der Waals surface area contributed by atoms with E-state index in [2.05, 4.69) is 4.98 Å². The summed E-state index contributed by atoms with van der Waals surface area (Å²) in [6.07, 6.45) is 3.40. The second-order valence-electron chi connectivity index (χ2n) is 3.13. The first kappa shape index (κ1) is 9.68. The lowest BCUT2D eigenvalue weighted by molar-refractivity contribution is 0.481. The highest BCUT2D eigenvalue weighted by atomic mass is 16.5. The highest BCUT2D eigenvalue weighted by Crippen LogP contribution is 2.20. The van der Waals surface area contributed by atoms with E-state index in [1.54, 1.807) is 12.4 Å². The minimum Gasteiger partial charge on any atom is -0.457 e. The monoisotopic (exact) mass is 200 g/mol. The fourth-order valence-corrected chi connectivity index (χ4v) is 1.24. The molecule has 1 heterocycles. The van der Waals surface area contributed by atoms with Gasteiger partial charge >= 0.3 is 0 Å². The lowest BCUT2D eigenvalue weighted by Gasteiger charge is -2.05. The maximum absolute atomic E-state index is 5.60. The Morgan fingerprint density at radius 3 is 2.13 bits per heavy atom. The van der Waals surface area contributed by atoms with Crippen LogP contribution in [-0.2, 0) is 6.54 Å². The Bertz CT molecular complexity index is 411. The summed E-state index contributed by atoms with van der Waals surface area (Å²) in [5.74, 6) is 1.59. The van der Waals surface area contributed by atoms with Crippen molar-refractivity contribution < 1.29 is 4.74 Å². The molecule has 76 valence electrons. The van der Waals surface area contributed by atoms with Crippen LogP contribution < -0.4 is 10.5 Å². The first-order valence-corrected chi connectivity index (χ1v) is 4.75. The molecule has 3 nitrogen and oxygen atoms in total. The molecule has 0 saturated carbocycles. The van der Waals surface area contributed by atoms with Gasteiger partial charge in [-0.3, -0.25) is 4.98 Å². The molecule has 0 aliphatic carbocycles. The van der Waals surface area contributed by atoms with Crippen molar-refractivity contribution in [3.8, 4) is 11.5 Å². The molecule has 2 N–H and O–H groups in total. The number of hydrogen-bond donors (Lipinski definition) is 1. The van der Waals surface area contributed by atoms with Crippen LogP contribution in [0.5, 0.6) is 11.5 Å². The first-order chi connectivity index (χ1) is 7.38. The molecule has 0 saturated heterocycles. The second kappa shape index (κ2) is 4.57. The van der Waals surface area contributed by atoms with Crippen molar-refractivity contribution in [2.75, 3.05) is 0 Å². The van der Waals surface area contributed by atoms with Gasteiger partial charge in [-0.05, 0) is 29.8 Å². The van der Waals surface area contributed by atoms with Gasteiger partial charge in [0.25, 0.3) is 0 Å². The average Bonchev–Trinajstić information content (AvgIpc) is 2.31. The van der Waals surface area contributed by atoms with E-state index in [4.69, 9.17) is 10.5 Å². The van der Waals surface area contributed by atoms with Crippen LogP contribution in [0, 0.1) is 0 Å². The van der Waals surface area contributed by atoms with Crippen LogP contribution >= 0.6 is 0 Å². The van der Waals surface area contributed by atoms with Crippen LogP contribution in [0.3, 0.4) is 0 Å². The van der Waals surface area contributed by atoms with Crippen molar-refractivity contribution in [3.05, 3.63) is 54.4 Å².